The zero-order chi connectivity index (χ0) is 19.4. The third kappa shape index (κ3) is 3.74. The van der Waals surface area contributed by atoms with Gasteiger partial charge in [0.25, 0.3) is 5.91 Å². The molecule has 1 aromatic heterocycles. The Kier molecular flexibility index (Phi) is 5.76. The Morgan fingerprint density at radius 1 is 1.08 bits per heavy atom. The van der Waals surface area contributed by atoms with Crippen LogP contribution in [0.3, 0.4) is 0 Å². The van der Waals surface area contributed by atoms with Crippen molar-refractivity contribution in [1.29, 1.82) is 0 Å². The van der Waals surface area contributed by atoms with Gasteiger partial charge < -0.3 is 28.6 Å². The number of benzene rings is 1. The number of carbonyl (C=O) groups is 2. The lowest BCUT2D eigenvalue weighted by Crippen LogP contribution is -2.26. The number of hydrogen-bond acceptors (Lipinski definition) is 6. The summed E-state index contributed by atoms with van der Waals surface area (Å²) in [5, 5.41) is 9.08. The van der Waals surface area contributed by atoms with Gasteiger partial charge in [-0.25, -0.2) is 4.79 Å². The van der Waals surface area contributed by atoms with Gasteiger partial charge >= 0.3 is 5.97 Å². The first kappa shape index (κ1) is 19.2. The van der Waals surface area contributed by atoms with E-state index in [4.69, 9.17) is 23.7 Å². The van der Waals surface area contributed by atoms with Gasteiger partial charge in [-0.15, -0.1) is 0 Å². The number of amides is 1. The molecule has 1 aromatic carbocycles. The zero-order valence-electron chi connectivity index (χ0n) is 15.3. The molecule has 1 N–H and O–H groups in total. The maximum atomic E-state index is 12.7. The number of nitrogens with zero attached hydrogens (tertiary/aromatic N) is 1. The topological polar surface area (TPSA) is 98.4 Å². The standard InChI is InChI=1S/C18H21NO7/c1-10-13(18(21)22)8-12(26-10)9-19(2)17(20)11-6-14(23-3)16(25-5)15(7-11)24-4/h6-8H,9H2,1-5H3,(H,21,22). The Morgan fingerprint density at radius 2 is 1.65 bits per heavy atom. The third-order valence-electron chi connectivity index (χ3n) is 3.85. The van der Waals surface area contributed by atoms with Gasteiger partial charge in [0.2, 0.25) is 5.75 Å². The summed E-state index contributed by atoms with van der Waals surface area (Å²) in [6.07, 6.45) is 0. The quantitative estimate of drug-likeness (QED) is 0.807. The van der Waals surface area contributed by atoms with Gasteiger partial charge in [0, 0.05) is 12.6 Å². The molecule has 0 aliphatic carbocycles. The van der Waals surface area contributed by atoms with E-state index in [1.807, 2.05) is 0 Å². The molecule has 140 valence electrons. The largest absolute Gasteiger partial charge is 0.493 e. The molecule has 1 amide bonds. The Hall–Kier alpha value is -3.16. The average Bonchev–Trinajstić information content (AvgIpc) is 2.99. The normalized spacial score (nSPS) is 10.3. The average molecular weight is 363 g/mol. The Balaban J connectivity index is 2.27. The van der Waals surface area contributed by atoms with Crippen LogP contribution in [0.1, 0.15) is 32.2 Å². The van der Waals surface area contributed by atoms with Crippen molar-refractivity contribution in [2.45, 2.75) is 13.5 Å². The molecule has 0 unspecified atom stereocenters. The van der Waals surface area contributed by atoms with Gasteiger partial charge in [-0.05, 0) is 25.1 Å². The van der Waals surface area contributed by atoms with E-state index in [0.717, 1.165) is 0 Å². The molecule has 26 heavy (non-hydrogen) atoms. The molecule has 8 heteroatoms. The summed E-state index contributed by atoms with van der Waals surface area (Å²) in [4.78, 5) is 25.2. The summed E-state index contributed by atoms with van der Waals surface area (Å²) >= 11 is 0. The van der Waals surface area contributed by atoms with Crippen molar-refractivity contribution in [3.63, 3.8) is 0 Å². The first-order chi connectivity index (χ1) is 12.3. The summed E-state index contributed by atoms with van der Waals surface area (Å²) in [6.45, 7) is 1.68. The predicted octanol–water partition coefficient (Wildman–Crippen LogP) is 2.58. The number of carboxylic acids is 1. The van der Waals surface area contributed by atoms with Crippen molar-refractivity contribution in [3.8, 4) is 17.2 Å². The molecule has 0 radical (unpaired) electrons. The molecule has 1 heterocycles. The van der Waals surface area contributed by atoms with Crippen LogP contribution in [-0.2, 0) is 6.54 Å². The number of aryl methyl sites for hydroxylation is 1. The van der Waals surface area contributed by atoms with Gasteiger partial charge in [0.1, 0.15) is 17.1 Å². The Labute approximate surface area is 150 Å². The predicted molar refractivity (Wildman–Crippen MR) is 92.3 cm³/mol. The van der Waals surface area contributed by atoms with Crippen LogP contribution in [0.15, 0.2) is 22.6 Å². The first-order valence-electron chi connectivity index (χ1n) is 7.70. The van der Waals surface area contributed by atoms with E-state index < -0.39 is 5.97 Å². The summed E-state index contributed by atoms with van der Waals surface area (Å²) < 4.78 is 21.2. The minimum absolute atomic E-state index is 0.0774. The number of furan rings is 1. The lowest BCUT2D eigenvalue weighted by Gasteiger charge is -2.18. The first-order valence-corrected chi connectivity index (χ1v) is 7.70. The highest BCUT2D eigenvalue weighted by Gasteiger charge is 2.21. The molecule has 0 atom stereocenters. The monoisotopic (exact) mass is 363 g/mol. The van der Waals surface area contributed by atoms with Crippen LogP contribution >= 0.6 is 0 Å². The van der Waals surface area contributed by atoms with Gasteiger partial charge in [-0.3, -0.25) is 4.79 Å². The number of carboxylic acid groups (broad SMARTS) is 1. The van der Waals surface area contributed by atoms with Crippen molar-refractivity contribution in [2.24, 2.45) is 0 Å². The number of carbonyl (C=O) groups excluding carboxylic acids is 1. The summed E-state index contributed by atoms with van der Waals surface area (Å²) in [5.41, 5.74) is 0.414. The molecule has 0 saturated carbocycles. The van der Waals surface area contributed by atoms with E-state index in [-0.39, 0.29) is 18.0 Å². The van der Waals surface area contributed by atoms with Crippen molar-refractivity contribution >= 4 is 11.9 Å². The second kappa shape index (κ2) is 7.81. The maximum absolute atomic E-state index is 12.7. The van der Waals surface area contributed by atoms with Gasteiger partial charge in [0.15, 0.2) is 11.5 Å². The Morgan fingerprint density at radius 3 is 2.08 bits per heavy atom. The van der Waals surface area contributed by atoms with Crippen LogP contribution in [0.2, 0.25) is 0 Å². The summed E-state index contributed by atoms with van der Waals surface area (Å²) in [7, 11) is 6.00. The van der Waals surface area contributed by atoms with E-state index in [9.17, 15) is 9.59 Å². The van der Waals surface area contributed by atoms with Crippen molar-refractivity contribution < 1.29 is 33.3 Å². The van der Waals surface area contributed by atoms with Crippen LogP contribution in [0.25, 0.3) is 0 Å². The lowest BCUT2D eigenvalue weighted by molar-refractivity contribution is 0.0694. The molecular weight excluding hydrogens is 342 g/mol. The Bertz CT molecular complexity index is 800. The lowest BCUT2D eigenvalue weighted by atomic mass is 10.1. The second-order valence-electron chi connectivity index (χ2n) is 5.56. The summed E-state index contributed by atoms with van der Waals surface area (Å²) in [6, 6.07) is 4.52. The minimum atomic E-state index is -1.07. The van der Waals surface area contributed by atoms with Crippen LogP contribution in [-0.4, -0.2) is 50.3 Å². The fourth-order valence-electron chi connectivity index (χ4n) is 2.56. The highest BCUT2D eigenvalue weighted by atomic mass is 16.5. The van der Waals surface area contributed by atoms with E-state index in [2.05, 4.69) is 0 Å². The molecule has 2 aromatic rings. The van der Waals surface area contributed by atoms with Gasteiger partial charge in [-0.1, -0.05) is 0 Å². The zero-order valence-corrected chi connectivity index (χ0v) is 15.3. The second-order valence-corrected chi connectivity index (χ2v) is 5.56. The van der Waals surface area contributed by atoms with E-state index in [1.54, 1.807) is 26.1 Å². The molecule has 8 nitrogen and oxygen atoms in total. The fourth-order valence-corrected chi connectivity index (χ4v) is 2.56. The highest BCUT2D eigenvalue weighted by Crippen LogP contribution is 2.38. The van der Waals surface area contributed by atoms with E-state index >= 15 is 0 Å². The molecule has 0 fully saturated rings. The third-order valence-corrected chi connectivity index (χ3v) is 3.85. The van der Waals surface area contributed by atoms with Gasteiger partial charge in [0.05, 0.1) is 27.9 Å². The fraction of sp³-hybridized carbons (Fsp3) is 0.333. The molecular formula is C18H21NO7. The smallest absolute Gasteiger partial charge is 0.339 e. The van der Waals surface area contributed by atoms with Crippen LogP contribution < -0.4 is 14.2 Å². The highest BCUT2D eigenvalue weighted by molar-refractivity contribution is 5.95. The molecule has 0 aliphatic rings. The molecule has 2 rings (SSSR count). The van der Waals surface area contributed by atoms with Crippen molar-refractivity contribution in [2.75, 3.05) is 28.4 Å². The van der Waals surface area contributed by atoms with Crippen LogP contribution in [0.4, 0.5) is 0 Å². The van der Waals surface area contributed by atoms with E-state index in [0.29, 0.717) is 34.3 Å². The molecule has 0 spiro atoms. The number of methoxy groups -OCH3 is 3. The maximum Gasteiger partial charge on any atom is 0.339 e. The number of rotatable bonds is 7. The minimum Gasteiger partial charge on any atom is -0.493 e. The van der Waals surface area contributed by atoms with Crippen molar-refractivity contribution in [1.82, 2.24) is 4.90 Å². The molecule has 0 saturated heterocycles. The van der Waals surface area contributed by atoms with Gasteiger partial charge in [-0.2, -0.15) is 0 Å². The SMILES string of the molecule is COc1cc(C(=O)N(C)Cc2cc(C(=O)O)c(C)o2)cc(OC)c1OC. The number of hydrogen-bond donors (Lipinski definition) is 1. The summed E-state index contributed by atoms with van der Waals surface area (Å²) in [5.74, 6) is 0.411. The van der Waals surface area contributed by atoms with E-state index in [1.165, 1.54) is 32.3 Å². The van der Waals surface area contributed by atoms with Crippen molar-refractivity contribution in [3.05, 3.63) is 40.8 Å². The number of aromatic carboxylic acids is 1. The molecule has 0 aliphatic heterocycles. The number of ether oxygens (including phenoxy) is 3. The molecule has 0 bridgehead atoms. The van der Waals surface area contributed by atoms with Crippen LogP contribution in [0.5, 0.6) is 17.2 Å². The van der Waals surface area contributed by atoms with Crippen LogP contribution in [0, 0.1) is 6.92 Å².